The summed E-state index contributed by atoms with van der Waals surface area (Å²) in [6.07, 6.45) is 1.78. The highest BCUT2D eigenvalue weighted by atomic mass is 127. The first-order chi connectivity index (χ1) is 13.2. The van der Waals surface area contributed by atoms with E-state index in [0.29, 0.717) is 13.2 Å². The lowest BCUT2D eigenvalue weighted by Gasteiger charge is -2.13. The van der Waals surface area contributed by atoms with Gasteiger partial charge in [0.1, 0.15) is 0 Å². The molecule has 0 aliphatic heterocycles. The van der Waals surface area contributed by atoms with Crippen LogP contribution in [0.5, 0.6) is 0 Å². The first kappa shape index (κ1) is 23.8. The van der Waals surface area contributed by atoms with Crippen molar-refractivity contribution in [3.8, 4) is 0 Å². The topological polar surface area (TPSA) is 88.8 Å². The Kier molecular flexibility index (Phi) is 11.8. The van der Waals surface area contributed by atoms with E-state index in [9.17, 15) is 10.1 Å². The van der Waals surface area contributed by atoms with Gasteiger partial charge in [0.05, 0.1) is 11.5 Å². The highest BCUT2D eigenvalue weighted by Gasteiger charge is 2.04. The Bertz CT molecular complexity index is 724. The molecule has 2 rings (SSSR count). The molecule has 0 atom stereocenters. The average molecular weight is 498 g/mol. The number of non-ortho nitro benzene ring substituents is 1. The quantitative estimate of drug-likeness (QED) is 0.131. The Hall–Kier alpha value is -2.20. The number of nitrogens with one attached hydrogen (secondary N) is 2. The fraction of sp³-hybridized carbons (Fsp3) is 0.350. The smallest absolute Gasteiger partial charge is 0.269 e. The first-order valence-electron chi connectivity index (χ1n) is 8.97. The molecule has 2 N–H and O–H groups in total. The minimum atomic E-state index is -0.402. The van der Waals surface area contributed by atoms with Gasteiger partial charge in [0.25, 0.3) is 5.69 Å². The van der Waals surface area contributed by atoms with Gasteiger partial charge < -0.3 is 15.4 Å². The molecule has 0 spiro atoms. The second kappa shape index (κ2) is 13.9. The van der Waals surface area contributed by atoms with E-state index in [0.717, 1.165) is 37.5 Å². The average Bonchev–Trinajstić information content (AvgIpc) is 2.70. The predicted molar refractivity (Wildman–Crippen MR) is 122 cm³/mol. The van der Waals surface area contributed by atoms with Crippen LogP contribution in [-0.4, -0.2) is 37.7 Å². The third-order valence-corrected chi connectivity index (χ3v) is 3.93. The summed E-state index contributed by atoms with van der Waals surface area (Å²) in [6.45, 7) is 2.65. The molecule has 0 aliphatic carbocycles. The van der Waals surface area contributed by atoms with E-state index in [2.05, 4.69) is 27.8 Å². The van der Waals surface area contributed by atoms with E-state index >= 15 is 0 Å². The highest BCUT2D eigenvalue weighted by molar-refractivity contribution is 14.0. The van der Waals surface area contributed by atoms with Gasteiger partial charge in [0, 0.05) is 38.9 Å². The Morgan fingerprint density at radius 3 is 2.36 bits per heavy atom. The number of hydrogen-bond acceptors (Lipinski definition) is 4. The number of nitro groups is 1. The third-order valence-electron chi connectivity index (χ3n) is 3.93. The molecule has 28 heavy (non-hydrogen) atoms. The number of ether oxygens (including phenoxy) is 1. The van der Waals surface area contributed by atoms with Gasteiger partial charge in [-0.3, -0.25) is 10.1 Å². The summed E-state index contributed by atoms with van der Waals surface area (Å²) in [6, 6.07) is 16.7. The molecule has 0 unspecified atom stereocenters. The monoisotopic (exact) mass is 498 g/mol. The number of hydrogen-bond donors (Lipinski definition) is 2. The molecule has 0 aliphatic rings. The Labute approximate surface area is 182 Å². The number of guanidine groups is 1. The molecule has 152 valence electrons. The number of benzene rings is 2. The van der Waals surface area contributed by atoms with E-state index in [1.807, 2.05) is 18.2 Å². The highest BCUT2D eigenvalue weighted by Crippen LogP contribution is 2.12. The third kappa shape index (κ3) is 9.14. The van der Waals surface area contributed by atoms with Gasteiger partial charge in [-0.2, -0.15) is 0 Å². The van der Waals surface area contributed by atoms with Crippen LogP contribution in [0.2, 0.25) is 0 Å². The fourth-order valence-corrected chi connectivity index (χ4v) is 2.46. The summed E-state index contributed by atoms with van der Waals surface area (Å²) < 4.78 is 5.07. The van der Waals surface area contributed by atoms with Gasteiger partial charge in [-0.1, -0.05) is 42.5 Å². The van der Waals surface area contributed by atoms with Crippen LogP contribution in [0.1, 0.15) is 17.5 Å². The molecule has 0 radical (unpaired) electrons. The lowest BCUT2D eigenvalue weighted by Crippen LogP contribution is -2.39. The number of rotatable bonds is 10. The van der Waals surface area contributed by atoms with Crippen LogP contribution in [0.25, 0.3) is 0 Å². The number of aliphatic imine (C=N–C) groups is 1. The minimum Gasteiger partial charge on any atom is -0.385 e. The van der Waals surface area contributed by atoms with Crippen molar-refractivity contribution in [2.24, 2.45) is 4.99 Å². The van der Waals surface area contributed by atoms with E-state index < -0.39 is 4.92 Å². The Balaban J connectivity index is 0.00000392. The van der Waals surface area contributed by atoms with Crippen LogP contribution in [0, 0.1) is 10.1 Å². The zero-order valence-electron chi connectivity index (χ0n) is 16.0. The van der Waals surface area contributed by atoms with Crippen molar-refractivity contribution in [2.75, 3.05) is 26.8 Å². The number of methoxy groups -OCH3 is 1. The molecule has 0 aromatic heterocycles. The maximum Gasteiger partial charge on any atom is 0.269 e. The van der Waals surface area contributed by atoms with Gasteiger partial charge >= 0.3 is 0 Å². The SMILES string of the molecule is COCCCNC(=NCc1ccc([N+](=O)[O-])cc1)NCCc1ccccc1.I. The molecule has 2 aromatic carbocycles. The van der Waals surface area contributed by atoms with Crippen molar-refractivity contribution < 1.29 is 9.66 Å². The van der Waals surface area contributed by atoms with Crippen LogP contribution < -0.4 is 10.6 Å². The molecule has 0 fully saturated rings. The molecular formula is C20H27IN4O3. The molecule has 7 nitrogen and oxygen atoms in total. The van der Waals surface area contributed by atoms with Gasteiger partial charge in [0.2, 0.25) is 0 Å². The summed E-state index contributed by atoms with van der Waals surface area (Å²) >= 11 is 0. The predicted octanol–water partition coefficient (Wildman–Crippen LogP) is 3.53. The van der Waals surface area contributed by atoms with Crippen molar-refractivity contribution in [3.05, 3.63) is 75.8 Å². The number of nitrogens with zero attached hydrogens (tertiary/aromatic N) is 2. The normalized spacial score (nSPS) is 10.8. The van der Waals surface area contributed by atoms with Crippen molar-refractivity contribution in [1.82, 2.24) is 10.6 Å². The molecule has 0 heterocycles. The van der Waals surface area contributed by atoms with Crippen molar-refractivity contribution in [1.29, 1.82) is 0 Å². The fourth-order valence-electron chi connectivity index (χ4n) is 2.46. The summed E-state index contributed by atoms with van der Waals surface area (Å²) in [7, 11) is 1.68. The largest absolute Gasteiger partial charge is 0.385 e. The van der Waals surface area contributed by atoms with Gasteiger partial charge in [0.15, 0.2) is 5.96 Å². The van der Waals surface area contributed by atoms with Gasteiger partial charge in [-0.05, 0) is 24.0 Å². The molecule has 8 heteroatoms. The molecular weight excluding hydrogens is 471 g/mol. The lowest BCUT2D eigenvalue weighted by atomic mass is 10.1. The van der Waals surface area contributed by atoms with Gasteiger partial charge in [-0.25, -0.2) is 4.99 Å². The van der Waals surface area contributed by atoms with E-state index in [4.69, 9.17) is 4.74 Å². The summed E-state index contributed by atoms with van der Waals surface area (Å²) in [5.41, 5.74) is 2.27. The standard InChI is InChI=1S/C20H26N4O3.HI/c1-27-15-5-13-21-20(22-14-12-17-6-3-2-4-7-17)23-16-18-8-10-19(11-9-18)24(25)26;/h2-4,6-11H,5,12-16H2,1H3,(H2,21,22,23);1H. The second-order valence-corrected chi connectivity index (χ2v) is 6.02. The lowest BCUT2D eigenvalue weighted by molar-refractivity contribution is -0.384. The van der Waals surface area contributed by atoms with Crippen molar-refractivity contribution >= 4 is 35.6 Å². The molecule has 0 saturated heterocycles. The Morgan fingerprint density at radius 2 is 1.71 bits per heavy atom. The van der Waals surface area contributed by atoms with Crippen molar-refractivity contribution in [3.63, 3.8) is 0 Å². The zero-order chi connectivity index (χ0) is 19.3. The zero-order valence-corrected chi connectivity index (χ0v) is 18.3. The first-order valence-corrected chi connectivity index (χ1v) is 8.97. The summed E-state index contributed by atoms with van der Waals surface area (Å²) in [5.74, 6) is 0.723. The van der Waals surface area contributed by atoms with Crippen LogP contribution in [0.4, 0.5) is 5.69 Å². The van der Waals surface area contributed by atoms with E-state index in [1.54, 1.807) is 19.2 Å². The molecule has 0 bridgehead atoms. The molecule has 0 saturated carbocycles. The molecule has 0 amide bonds. The van der Waals surface area contributed by atoms with Crippen LogP contribution in [-0.2, 0) is 17.7 Å². The Morgan fingerprint density at radius 1 is 1.04 bits per heavy atom. The van der Waals surface area contributed by atoms with Crippen LogP contribution in [0.3, 0.4) is 0 Å². The van der Waals surface area contributed by atoms with E-state index in [-0.39, 0.29) is 29.7 Å². The molecule has 2 aromatic rings. The second-order valence-electron chi connectivity index (χ2n) is 6.02. The number of halogens is 1. The minimum absolute atomic E-state index is 0. The van der Waals surface area contributed by atoms with Crippen LogP contribution in [0.15, 0.2) is 59.6 Å². The maximum absolute atomic E-state index is 10.7. The maximum atomic E-state index is 10.7. The summed E-state index contributed by atoms with van der Waals surface area (Å²) in [5, 5.41) is 17.4. The van der Waals surface area contributed by atoms with Crippen LogP contribution >= 0.6 is 24.0 Å². The number of nitro benzene ring substituents is 1. The van der Waals surface area contributed by atoms with E-state index in [1.165, 1.54) is 17.7 Å². The van der Waals surface area contributed by atoms with Gasteiger partial charge in [-0.15, -0.1) is 24.0 Å². The van der Waals surface area contributed by atoms with Crippen molar-refractivity contribution in [2.45, 2.75) is 19.4 Å². The summed E-state index contributed by atoms with van der Waals surface area (Å²) in [4.78, 5) is 14.9.